The Labute approximate surface area is 188 Å². The molecule has 0 spiro atoms. The van der Waals surface area contributed by atoms with Crippen LogP contribution >= 0.6 is 34.8 Å². The number of halogens is 3. The SMILES string of the molecule is CCOc1ccc(N[C@H](NC(=O)O[C@H]2C[C@@H](C)CC[C@@H]2C(C)C)C(Cl)(Cl)Cl)cc1. The van der Waals surface area contributed by atoms with Gasteiger partial charge in [0, 0.05) is 5.69 Å². The zero-order valence-corrected chi connectivity index (χ0v) is 19.7. The minimum absolute atomic E-state index is 0.139. The molecule has 1 aromatic carbocycles. The van der Waals surface area contributed by atoms with Gasteiger partial charge in [-0.25, -0.2) is 4.79 Å². The van der Waals surface area contributed by atoms with Crippen molar-refractivity contribution in [3.8, 4) is 5.75 Å². The second-order valence-electron chi connectivity index (χ2n) is 7.99. The molecule has 0 saturated heterocycles. The number of amides is 1. The highest BCUT2D eigenvalue weighted by molar-refractivity contribution is 6.68. The Morgan fingerprint density at radius 1 is 1.21 bits per heavy atom. The number of anilines is 1. The molecule has 1 saturated carbocycles. The third-order valence-corrected chi connectivity index (χ3v) is 5.94. The molecule has 0 aliphatic heterocycles. The summed E-state index contributed by atoms with van der Waals surface area (Å²) >= 11 is 18.3. The van der Waals surface area contributed by atoms with Gasteiger partial charge in [-0.05, 0) is 61.8 Å². The lowest BCUT2D eigenvalue weighted by Gasteiger charge is -2.37. The van der Waals surface area contributed by atoms with Crippen molar-refractivity contribution in [2.45, 2.75) is 63.0 Å². The minimum atomic E-state index is -1.77. The van der Waals surface area contributed by atoms with E-state index in [2.05, 4.69) is 31.4 Å². The van der Waals surface area contributed by atoms with Gasteiger partial charge in [0.05, 0.1) is 6.61 Å². The molecule has 0 heterocycles. The largest absolute Gasteiger partial charge is 0.494 e. The highest BCUT2D eigenvalue weighted by atomic mass is 35.6. The molecule has 0 unspecified atom stereocenters. The molecule has 2 N–H and O–H groups in total. The highest BCUT2D eigenvalue weighted by Gasteiger charge is 2.37. The normalized spacial score (nSPS) is 23.4. The third-order valence-electron chi connectivity index (χ3n) is 5.29. The van der Waals surface area contributed by atoms with E-state index in [9.17, 15) is 4.79 Å². The first-order valence-electron chi connectivity index (χ1n) is 10.1. The van der Waals surface area contributed by atoms with Gasteiger partial charge in [0.15, 0.2) is 0 Å². The van der Waals surface area contributed by atoms with Crippen LogP contribution in [0.2, 0.25) is 0 Å². The zero-order valence-electron chi connectivity index (χ0n) is 17.4. The molecule has 29 heavy (non-hydrogen) atoms. The Kier molecular flexibility index (Phi) is 9.05. The standard InChI is InChI=1S/C21H31Cl3N2O3/c1-5-28-16-9-7-15(8-10-16)25-19(21(22,23)24)26-20(27)29-18-12-14(4)6-11-17(18)13(2)3/h7-10,13-14,17-19,25H,5-6,11-12H2,1-4H3,(H,26,27)/t14-,17+,18-,19+/m0/s1. The minimum Gasteiger partial charge on any atom is -0.494 e. The lowest BCUT2D eigenvalue weighted by molar-refractivity contribution is 0.00534. The van der Waals surface area contributed by atoms with Crippen molar-refractivity contribution < 1.29 is 14.3 Å². The van der Waals surface area contributed by atoms with Crippen molar-refractivity contribution in [2.24, 2.45) is 17.8 Å². The Morgan fingerprint density at radius 3 is 2.41 bits per heavy atom. The van der Waals surface area contributed by atoms with Crippen LogP contribution in [-0.2, 0) is 4.74 Å². The summed E-state index contributed by atoms with van der Waals surface area (Å²) in [6.45, 7) is 8.99. The van der Waals surface area contributed by atoms with Gasteiger partial charge < -0.3 is 14.8 Å². The quantitative estimate of drug-likeness (QED) is 0.362. The summed E-state index contributed by atoms with van der Waals surface area (Å²) in [5.74, 6) is 2.03. The van der Waals surface area contributed by atoms with Crippen molar-refractivity contribution in [3.63, 3.8) is 0 Å². The molecule has 1 aromatic rings. The molecule has 164 valence electrons. The number of benzene rings is 1. The smallest absolute Gasteiger partial charge is 0.409 e. The van der Waals surface area contributed by atoms with E-state index in [4.69, 9.17) is 44.3 Å². The van der Waals surface area contributed by atoms with Gasteiger partial charge in [-0.2, -0.15) is 0 Å². The number of carbonyl (C=O) groups is 1. The first kappa shape index (κ1) is 24.2. The van der Waals surface area contributed by atoms with E-state index < -0.39 is 16.1 Å². The van der Waals surface area contributed by atoms with Crippen LogP contribution in [-0.4, -0.2) is 28.8 Å². The van der Waals surface area contributed by atoms with Crippen molar-refractivity contribution in [1.82, 2.24) is 5.32 Å². The van der Waals surface area contributed by atoms with Crippen LogP contribution in [0.5, 0.6) is 5.75 Å². The fourth-order valence-electron chi connectivity index (χ4n) is 3.72. The van der Waals surface area contributed by atoms with Gasteiger partial charge in [-0.15, -0.1) is 0 Å². The Morgan fingerprint density at radius 2 is 1.86 bits per heavy atom. The fourth-order valence-corrected chi connectivity index (χ4v) is 4.05. The van der Waals surface area contributed by atoms with Gasteiger partial charge in [-0.1, -0.05) is 62.0 Å². The molecule has 5 nitrogen and oxygen atoms in total. The summed E-state index contributed by atoms with van der Waals surface area (Å²) in [5.41, 5.74) is 0.677. The maximum atomic E-state index is 12.6. The molecule has 8 heteroatoms. The lowest BCUT2D eigenvalue weighted by atomic mass is 9.75. The van der Waals surface area contributed by atoms with Crippen LogP contribution in [0.3, 0.4) is 0 Å². The van der Waals surface area contributed by atoms with Crippen LogP contribution in [0.25, 0.3) is 0 Å². The zero-order chi connectivity index (χ0) is 21.6. The fraction of sp³-hybridized carbons (Fsp3) is 0.667. The number of ether oxygens (including phenoxy) is 2. The molecule has 4 atom stereocenters. The number of hydrogen-bond acceptors (Lipinski definition) is 4. The number of alkyl carbamates (subject to hydrolysis) is 1. The summed E-state index contributed by atoms with van der Waals surface area (Å²) < 4.78 is 9.42. The lowest BCUT2D eigenvalue weighted by Crippen LogP contribution is -2.50. The maximum Gasteiger partial charge on any atom is 0.409 e. The third kappa shape index (κ3) is 7.62. The van der Waals surface area contributed by atoms with Gasteiger partial charge in [-0.3, -0.25) is 5.32 Å². The van der Waals surface area contributed by atoms with E-state index in [0.29, 0.717) is 30.0 Å². The Hall–Kier alpha value is -1.04. The van der Waals surface area contributed by atoms with Gasteiger partial charge in [0.1, 0.15) is 18.0 Å². The number of alkyl halides is 3. The van der Waals surface area contributed by atoms with Crippen LogP contribution in [0, 0.1) is 17.8 Å². The Bertz CT molecular complexity index is 650. The monoisotopic (exact) mass is 464 g/mol. The summed E-state index contributed by atoms with van der Waals surface area (Å²) in [6.07, 6.45) is 1.36. The molecule has 1 aliphatic carbocycles. The first-order valence-corrected chi connectivity index (χ1v) is 11.3. The van der Waals surface area contributed by atoms with Crippen molar-refractivity contribution in [2.75, 3.05) is 11.9 Å². The predicted octanol–water partition coefficient (Wildman–Crippen LogP) is 6.38. The van der Waals surface area contributed by atoms with E-state index in [0.717, 1.165) is 25.0 Å². The Balaban J connectivity index is 2.02. The second kappa shape index (κ2) is 10.8. The predicted molar refractivity (Wildman–Crippen MR) is 120 cm³/mol. The van der Waals surface area contributed by atoms with Crippen LogP contribution in [0.15, 0.2) is 24.3 Å². The first-order chi connectivity index (χ1) is 13.6. The number of hydrogen-bond donors (Lipinski definition) is 2. The molecule has 1 fully saturated rings. The summed E-state index contributed by atoms with van der Waals surface area (Å²) in [6, 6.07) is 7.19. The topological polar surface area (TPSA) is 59.6 Å². The molecular formula is C21H31Cl3N2O3. The summed E-state index contributed by atoms with van der Waals surface area (Å²) in [7, 11) is 0. The average Bonchev–Trinajstić information content (AvgIpc) is 2.62. The molecule has 1 amide bonds. The van der Waals surface area contributed by atoms with E-state index in [-0.39, 0.29) is 6.10 Å². The van der Waals surface area contributed by atoms with Crippen molar-refractivity contribution in [3.05, 3.63) is 24.3 Å². The van der Waals surface area contributed by atoms with Crippen molar-refractivity contribution in [1.29, 1.82) is 0 Å². The average molecular weight is 466 g/mol. The molecule has 1 aliphatic rings. The van der Waals surface area contributed by atoms with Crippen molar-refractivity contribution >= 4 is 46.6 Å². The van der Waals surface area contributed by atoms with Crippen LogP contribution in [0.4, 0.5) is 10.5 Å². The molecule has 0 radical (unpaired) electrons. The van der Waals surface area contributed by atoms with E-state index in [1.54, 1.807) is 24.3 Å². The number of rotatable bonds is 7. The van der Waals surface area contributed by atoms with Gasteiger partial charge >= 0.3 is 6.09 Å². The highest BCUT2D eigenvalue weighted by Crippen LogP contribution is 2.36. The van der Waals surface area contributed by atoms with E-state index in [1.807, 2.05) is 6.92 Å². The van der Waals surface area contributed by atoms with Crippen LogP contribution in [0.1, 0.15) is 47.0 Å². The van der Waals surface area contributed by atoms with Gasteiger partial charge in [0.25, 0.3) is 0 Å². The number of nitrogens with one attached hydrogen (secondary N) is 2. The molecule has 0 aromatic heterocycles. The summed E-state index contributed by atoms with van der Waals surface area (Å²) in [5, 5.41) is 5.70. The van der Waals surface area contributed by atoms with E-state index >= 15 is 0 Å². The van der Waals surface area contributed by atoms with E-state index in [1.165, 1.54) is 0 Å². The van der Waals surface area contributed by atoms with Crippen LogP contribution < -0.4 is 15.4 Å². The summed E-state index contributed by atoms with van der Waals surface area (Å²) in [4.78, 5) is 12.6. The maximum absolute atomic E-state index is 12.6. The molecule has 2 rings (SSSR count). The number of carbonyl (C=O) groups excluding carboxylic acids is 1. The second-order valence-corrected chi connectivity index (χ2v) is 10.4. The van der Waals surface area contributed by atoms with Gasteiger partial charge in [0.2, 0.25) is 3.79 Å². The molecular weight excluding hydrogens is 435 g/mol. The molecule has 0 bridgehead atoms.